The zero-order chi connectivity index (χ0) is 18.5. The van der Waals surface area contributed by atoms with Gasteiger partial charge in [0.1, 0.15) is 12.4 Å². The average Bonchev–Trinajstić information content (AvgIpc) is 2.67. The fourth-order valence-corrected chi connectivity index (χ4v) is 2.81. The highest BCUT2D eigenvalue weighted by Gasteiger charge is 2.33. The Balaban J connectivity index is 1.70. The second-order valence-electron chi connectivity index (χ2n) is 5.87. The molecule has 26 heavy (non-hydrogen) atoms. The van der Waals surface area contributed by atoms with Crippen LogP contribution in [0, 0.1) is 0 Å². The third kappa shape index (κ3) is 4.33. The van der Waals surface area contributed by atoms with Crippen LogP contribution in [0.3, 0.4) is 0 Å². The highest BCUT2D eigenvalue weighted by molar-refractivity contribution is 6.30. The predicted molar refractivity (Wildman–Crippen MR) is 95.5 cm³/mol. The SMILES string of the molecule is O=C(O)C1COCCN1C(=O)c1cccc(OCc2ccc(Cl)cc2)c1. The summed E-state index contributed by atoms with van der Waals surface area (Å²) in [4.78, 5) is 25.4. The first-order valence-corrected chi connectivity index (χ1v) is 8.51. The molecule has 1 aliphatic heterocycles. The lowest BCUT2D eigenvalue weighted by Crippen LogP contribution is -2.52. The summed E-state index contributed by atoms with van der Waals surface area (Å²) in [5, 5.41) is 9.93. The van der Waals surface area contributed by atoms with Crippen molar-refractivity contribution >= 4 is 23.5 Å². The van der Waals surface area contributed by atoms with Gasteiger partial charge in [0.25, 0.3) is 5.91 Å². The Kier molecular flexibility index (Phi) is 5.75. The molecule has 0 radical (unpaired) electrons. The van der Waals surface area contributed by atoms with Gasteiger partial charge in [0, 0.05) is 17.1 Å². The van der Waals surface area contributed by atoms with Gasteiger partial charge in [0.15, 0.2) is 6.04 Å². The van der Waals surface area contributed by atoms with Gasteiger partial charge < -0.3 is 19.5 Å². The van der Waals surface area contributed by atoms with Crippen molar-refractivity contribution in [2.45, 2.75) is 12.6 Å². The number of nitrogens with zero attached hydrogens (tertiary/aromatic N) is 1. The molecule has 0 saturated carbocycles. The van der Waals surface area contributed by atoms with E-state index in [0.717, 1.165) is 5.56 Å². The van der Waals surface area contributed by atoms with E-state index in [4.69, 9.17) is 21.1 Å². The molecule has 0 aliphatic carbocycles. The zero-order valence-corrected chi connectivity index (χ0v) is 14.7. The third-order valence-electron chi connectivity index (χ3n) is 4.07. The molecule has 1 N–H and O–H groups in total. The number of carbonyl (C=O) groups is 2. The van der Waals surface area contributed by atoms with E-state index >= 15 is 0 Å². The Morgan fingerprint density at radius 3 is 2.73 bits per heavy atom. The predicted octanol–water partition coefficient (Wildman–Crippen LogP) is 2.84. The number of hydrogen-bond donors (Lipinski definition) is 1. The van der Waals surface area contributed by atoms with Gasteiger partial charge in [-0.25, -0.2) is 4.79 Å². The minimum atomic E-state index is -1.08. The van der Waals surface area contributed by atoms with Crippen LogP contribution in [0.25, 0.3) is 0 Å². The van der Waals surface area contributed by atoms with Crippen LogP contribution in [-0.4, -0.2) is 47.7 Å². The first-order chi connectivity index (χ1) is 12.5. The molecule has 1 fully saturated rings. The van der Waals surface area contributed by atoms with Gasteiger partial charge in [-0.05, 0) is 35.9 Å². The molecule has 2 aromatic rings. The summed E-state index contributed by atoms with van der Waals surface area (Å²) in [5.74, 6) is -0.892. The minimum Gasteiger partial charge on any atom is -0.489 e. The van der Waals surface area contributed by atoms with Crippen LogP contribution in [0.15, 0.2) is 48.5 Å². The number of ether oxygens (including phenoxy) is 2. The molecule has 7 heteroatoms. The van der Waals surface area contributed by atoms with Gasteiger partial charge in [-0.3, -0.25) is 4.79 Å². The van der Waals surface area contributed by atoms with E-state index < -0.39 is 12.0 Å². The van der Waals surface area contributed by atoms with Crippen molar-refractivity contribution in [2.24, 2.45) is 0 Å². The summed E-state index contributed by atoms with van der Waals surface area (Å²) in [6.07, 6.45) is 0. The molecule has 1 heterocycles. The summed E-state index contributed by atoms with van der Waals surface area (Å²) in [6.45, 7) is 0.895. The van der Waals surface area contributed by atoms with Crippen LogP contribution < -0.4 is 4.74 Å². The standard InChI is InChI=1S/C19H18ClNO5/c20-15-6-4-13(5-7-15)11-26-16-3-1-2-14(10-16)18(22)21-8-9-25-12-17(21)19(23)24/h1-7,10,17H,8-9,11-12H2,(H,23,24). The Morgan fingerprint density at radius 2 is 2.00 bits per heavy atom. The summed E-state index contributed by atoms with van der Waals surface area (Å²) in [6, 6.07) is 13.0. The molecule has 1 amide bonds. The van der Waals surface area contributed by atoms with Crippen LogP contribution >= 0.6 is 11.6 Å². The number of carboxylic acid groups (broad SMARTS) is 1. The molecule has 1 atom stereocenters. The lowest BCUT2D eigenvalue weighted by Gasteiger charge is -2.32. The Labute approximate surface area is 155 Å². The van der Waals surface area contributed by atoms with Crippen molar-refractivity contribution in [3.8, 4) is 5.75 Å². The second kappa shape index (κ2) is 8.21. The molecule has 1 saturated heterocycles. The fraction of sp³-hybridized carbons (Fsp3) is 0.263. The molecule has 2 aromatic carbocycles. The fourth-order valence-electron chi connectivity index (χ4n) is 2.68. The van der Waals surface area contributed by atoms with E-state index in [1.807, 2.05) is 12.1 Å². The Bertz CT molecular complexity index is 793. The topological polar surface area (TPSA) is 76.1 Å². The first kappa shape index (κ1) is 18.2. The zero-order valence-electron chi connectivity index (χ0n) is 13.9. The van der Waals surface area contributed by atoms with Gasteiger partial charge in [-0.15, -0.1) is 0 Å². The van der Waals surface area contributed by atoms with Crippen LogP contribution in [0.4, 0.5) is 0 Å². The van der Waals surface area contributed by atoms with Crippen LogP contribution in [0.2, 0.25) is 5.02 Å². The average molecular weight is 376 g/mol. The van der Waals surface area contributed by atoms with Gasteiger partial charge in [0.2, 0.25) is 0 Å². The highest BCUT2D eigenvalue weighted by atomic mass is 35.5. The van der Waals surface area contributed by atoms with Crippen molar-refractivity contribution in [1.29, 1.82) is 0 Å². The summed E-state index contributed by atoms with van der Waals surface area (Å²) in [5.41, 5.74) is 1.33. The van der Waals surface area contributed by atoms with Gasteiger partial charge in [0.05, 0.1) is 13.2 Å². The lowest BCUT2D eigenvalue weighted by molar-refractivity contribution is -0.147. The molecule has 6 nitrogen and oxygen atoms in total. The number of rotatable bonds is 5. The minimum absolute atomic E-state index is 0.00612. The number of amides is 1. The number of carbonyl (C=O) groups excluding carboxylic acids is 1. The summed E-state index contributed by atoms with van der Waals surface area (Å²) in [7, 11) is 0. The molecule has 1 unspecified atom stereocenters. The lowest BCUT2D eigenvalue weighted by atomic mass is 10.1. The number of carboxylic acids is 1. The number of aliphatic carboxylic acids is 1. The van der Waals surface area contributed by atoms with Gasteiger partial charge in [-0.1, -0.05) is 29.8 Å². The van der Waals surface area contributed by atoms with E-state index in [-0.39, 0.29) is 19.1 Å². The molecule has 0 bridgehead atoms. The van der Waals surface area contributed by atoms with E-state index in [0.29, 0.717) is 29.5 Å². The number of morpholine rings is 1. The number of hydrogen-bond acceptors (Lipinski definition) is 4. The van der Waals surface area contributed by atoms with E-state index in [1.165, 1.54) is 4.90 Å². The summed E-state index contributed by atoms with van der Waals surface area (Å²) < 4.78 is 10.9. The van der Waals surface area contributed by atoms with Crippen LogP contribution in [0.5, 0.6) is 5.75 Å². The Hall–Kier alpha value is -2.57. The van der Waals surface area contributed by atoms with Crippen LogP contribution in [0.1, 0.15) is 15.9 Å². The third-order valence-corrected chi connectivity index (χ3v) is 4.33. The van der Waals surface area contributed by atoms with Crippen molar-refractivity contribution in [2.75, 3.05) is 19.8 Å². The second-order valence-corrected chi connectivity index (χ2v) is 6.31. The molecular formula is C19H18ClNO5. The maximum absolute atomic E-state index is 12.7. The van der Waals surface area contributed by atoms with E-state index in [9.17, 15) is 14.7 Å². The normalized spacial score (nSPS) is 17.0. The maximum atomic E-state index is 12.7. The molecule has 0 aromatic heterocycles. The van der Waals surface area contributed by atoms with Crippen LogP contribution in [-0.2, 0) is 16.1 Å². The smallest absolute Gasteiger partial charge is 0.328 e. The highest BCUT2D eigenvalue weighted by Crippen LogP contribution is 2.19. The number of halogens is 1. The van der Waals surface area contributed by atoms with Crippen molar-refractivity contribution in [3.05, 3.63) is 64.7 Å². The van der Waals surface area contributed by atoms with Gasteiger partial charge in [-0.2, -0.15) is 0 Å². The van der Waals surface area contributed by atoms with Crippen molar-refractivity contribution in [3.63, 3.8) is 0 Å². The quantitative estimate of drug-likeness (QED) is 0.869. The Morgan fingerprint density at radius 1 is 1.23 bits per heavy atom. The monoisotopic (exact) mass is 375 g/mol. The molecular weight excluding hydrogens is 358 g/mol. The first-order valence-electron chi connectivity index (χ1n) is 8.13. The number of benzene rings is 2. The van der Waals surface area contributed by atoms with Crippen molar-refractivity contribution in [1.82, 2.24) is 4.90 Å². The van der Waals surface area contributed by atoms with Gasteiger partial charge >= 0.3 is 5.97 Å². The maximum Gasteiger partial charge on any atom is 0.328 e. The van der Waals surface area contributed by atoms with E-state index in [2.05, 4.69) is 0 Å². The van der Waals surface area contributed by atoms with E-state index in [1.54, 1.807) is 36.4 Å². The molecule has 1 aliphatic rings. The largest absolute Gasteiger partial charge is 0.489 e. The molecule has 136 valence electrons. The molecule has 3 rings (SSSR count). The van der Waals surface area contributed by atoms with Crippen molar-refractivity contribution < 1.29 is 24.2 Å². The summed E-state index contributed by atoms with van der Waals surface area (Å²) >= 11 is 5.86. The molecule has 0 spiro atoms.